The molecule has 0 fully saturated rings. The number of aromatic nitrogens is 2. The summed E-state index contributed by atoms with van der Waals surface area (Å²) in [7, 11) is 0. The molecular weight excluding hydrogens is 333 g/mol. The Kier molecular flexibility index (Phi) is 5.84. The minimum atomic E-state index is -0.389. The van der Waals surface area contributed by atoms with Crippen molar-refractivity contribution in [2.75, 3.05) is 13.2 Å². The summed E-state index contributed by atoms with van der Waals surface area (Å²) in [5.74, 6) is 0.721. The summed E-state index contributed by atoms with van der Waals surface area (Å²) in [5, 5.41) is 2.91. The molecule has 0 aliphatic carbocycles. The number of nitrogens with zero attached hydrogens (tertiary/aromatic N) is 2. The maximum absolute atomic E-state index is 13.4. The Morgan fingerprint density at radius 1 is 1.19 bits per heavy atom. The van der Waals surface area contributed by atoms with Gasteiger partial charge in [-0.2, -0.15) is 0 Å². The van der Waals surface area contributed by atoms with Crippen LogP contribution in [0.4, 0.5) is 4.39 Å². The van der Waals surface area contributed by atoms with E-state index in [1.165, 1.54) is 6.07 Å². The van der Waals surface area contributed by atoms with Crippen LogP contribution in [0.25, 0.3) is 11.0 Å². The van der Waals surface area contributed by atoms with Crippen LogP contribution in [0.5, 0.6) is 5.75 Å². The molecule has 0 bridgehead atoms. The third kappa shape index (κ3) is 4.39. The van der Waals surface area contributed by atoms with Gasteiger partial charge in [0.05, 0.1) is 17.6 Å². The van der Waals surface area contributed by atoms with Crippen LogP contribution >= 0.6 is 0 Å². The van der Waals surface area contributed by atoms with Gasteiger partial charge in [-0.25, -0.2) is 9.37 Å². The summed E-state index contributed by atoms with van der Waals surface area (Å²) in [5.41, 5.74) is 2.03. The van der Waals surface area contributed by atoms with Gasteiger partial charge in [0.15, 0.2) is 11.6 Å². The number of ether oxygens (including phenoxy) is 1. The molecule has 0 unspecified atom stereocenters. The van der Waals surface area contributed by atoms with E-state index in [2.05, 4.69) is 14.9 Å². The Hall–Kier alpha value is -2.89. The van der Waals surface area contributed by atoms with Crippen LogP contribution in [0.1, 0.15) is 18.7 Å². The number of rotatable bonds is 8. The molecule has 0 saturated carbocycles. The Labute approximate surface area is 151 Å². The molecule has 1 heterocycles. The summed E-state index contributed by atoms with van der Waals surface area (Å²) in [6.07, 6.45) is 0.880. The zero-order chi connectivity index (χ0) is 18.4. The average Bonchev–Trinajstić information content (AvgIpc) is 2.96. The lowest BCUT2D eigenvalue weighted by molar-refractivity contribution is -0.121. The number of hydrogen-bond acceptors (Lipinski definition) is 3. The smallest absolute Gasteiger partial charge is 0.220 e. The SMILES string of the molecule is Cc1nc2ccccc2n1CCNC(=O)CCCOc1ccccc1F. The maximum atomic E-state index is 13.4. The fourth-order valence-electron chi connectivity index (χ4n) is 2.85. The van der Waals surface area contributed by atoms with Gasteiger partial charge in [0.25, 0.3) is 0 Å². The number of halogens is 1. The first-order chi connectivity index (χ1) is 12.6. The molecule has 0 radical (unpaired) electrons. The first kappa shape index (κ1) is 17.9. The normalized spacial score (nSPS) is 10.8. The molecule has 1 amide bonds. The molecular formula is C20H22FN3O2. The summed E-state index contributed by atoms with van der Waals surface area (Å²) >= 11 is 0. The predicted molar refractivity (Wildman–Crippen MR) is 98.6 cm³/mol. The van der Waals surface area contributed by atoms with Crippen LogP contribution in [0, 0.1) is 12.7 Å². The number of carbonyl (C=O) groups is 1. The van der Waals surface area contributed by atoms with Gasteiger partial charge in [0.1, 0.15) is 5.82 Å². The van der Waals surface area contributed by atoms with Gasteiger partial charge >= 0.3 is 0 Å². The van der Waals surface area contributed by atoms with Gasteiger partial charge in [-0.3, -0.25) is 4.79 Å². The molecule has 0 spiro atoms. The number of benzene rings is 2. The van der Waals surface area contributed by atoms with Crippen molar-refractivity contribution in [3.8, 4) is 5.75 Å². The summed E-state index contributed by atoms with van der Waals surface area (Å²) in [6, 6.07) is 14.2. The van der Waals surface area contributed by atoms with E-state index in [1.54, 1.807) is 18.2 Å². The highest BCUT2D eigenvalue weighted by Crippen LogP contribution is 2.16. The van der Waals surface area contributed by atoms with Gasteiger partial charge in [-0.15, -0.1) is 0 Å². The molecule has 26 heavy (non-hydrogen) atoms. The minimum absolute atomic E-state index is 0.0378. The van der Waals surface area contributed by atoms with E-state index in [1.807, 2.05) is 31.2 Å². The molecule has 0 saturated heterocycles. The predicted octanol–water partition coefficient (Wildman–Crippen LogP) is 3.46. The lowest BCUT2D eigenvalue weighted by Crippen LogP contribution is -2.27. The Bertz CT molecular complexity index is 892. The second-order valence-corrected chi connectivity index (χ2v) is 6.03. The fraction of sp³-hybridized carbons (Fsp3) is 0.300. The minimum Gasteiger partial charge on any atom is -0.491 e. The number of aryl methyl sites for hydroxylation is 1. The average molecular weight is 355 g/mol. The van der Waals surface area contributed by atoms with Crippen molar-refractivity contribution in [1.82, 2.24) is 14.9 Å². The quantitative estimate of drug-likeness (QED) is 0.630. The van der Waals surface area contributed by atoms with Crippen molar-refractivity contribution in [1.29, 1.82) is 0 Å². The Balaban J connectivity index is 1.39. The van der Waals surface area contributed by atoms with Crippen LogP contribution in [-0.2, 0) is 11.3 Å². The molecule has 3 rings (SSSR count). The number of fused-ring (bicyclic) bond motifs is 1. The Morgan fingerprint density at radius 2 is 1.96 bits per heavy atom. The van der Waals surface area contributed by atoms with Gasteiger partial charge in [-0.05, 0) is 37.6 Å². The van der Waals surface area contributed by atoms with E-state index < -0.39 is 0 Å². The van der Waals surface area contributed by atoms with Crippen LogP contribution in [-0.4, -0.2) is 28.6 Å². The molecule has 0 aliphatic rings. The highest BCUT2D eigenvalue weighted by atomic mass is 19.1. The van der Waals surface area contributed by atoms with E-state index in [-0.39, 0.29) is 17.5 Å². The maximum Gasteiger partial charge on any atom is 0.220 e. The van der Waals surface area contributed by atoms with E-state index in [0.717, 1.165) is 16.9 Å². The van der Waals surface area contributed by atoms with Crippen molar-refractivity contribution in [2.24, 2.45) is 0 Å². The summed E-state index contributed by atoms with van der Waals surface area (Å²) in [4.78, 5) is 16.4. The number of para-hydroxylation sites is 3. The van der Waals surface area contributed by atoms with Crippen molar-refractivity contribution in [3.05, 3.63) is 60.2 Å². The topological polar surface area (TPSA) is 56.2 Å². The second-order valence-electron chi connectivity index (χ2n) is 6.03. The lowest BCUT2D eigenvalue weighted by Gasteiger charge is -2.09. The first-order valence-electron chi connectivity index (χ1n) is 8.71. The van der Waals surface area contributed by atoms with Crippen LogP contribution in [0.15, 0.2) is 48.5 Å². The van der Waals surface area contributed by atoms with Crippen LogP contribution in [0.2, 0.25) is 0 Å². The third-order valence-electron chi connectivity index (χ3n) is 4.15. The molecule has 0 atom stereocenters. The second kappa shape index (κ2) is 8.47. The van der Waals surface area contributed by atoms with E-state index in [0.29, 0.717) is 32.5 Å². The summed E-state index contributed by atoms with van der Waals surface area (Å²) < 4.78 is 20.8. The summed E-state index contributed by atoms with van der Waals surface area (Å²) in [6.45, 7) is 3.47. The highest BCUT2D eigenvalue weighted by molar-refractivity contribution is 5.76. The number of hydrogen-bond donors (Lipinski definition) is 1. The molecule has 6 heteroatoms. The first-order valence-corrected chi connectivity index (χ1v) is 8.71. The standard InChI is InChI=1S/C20H22FN3O2/c1-15-23-17-8-3-4-9-18(17)24(15)13-12-22-20(25)11-6-14-26-19-10-5-2-7-16(19)21/h2-5,7-10H,6,11-14H2,1H3,(H,22,25). The molecule has 5 nitrogen and oxygen atoms in total. The van der Waals surface area contributed by atoms with E-state index in [4.69, 9.17) is 4.74 Å². The van der Waals surface area contributed by atoms with Gasteiger partial charge in [0.2, 0.25) is 5.91 Å². The number of amides is 1. The molecule has 1 N–H and O–H groups in total. The number of carbonyl (C=O) groups excluding carboxylic acids is 1. The fourth-order valence-corrected chi connectivity index (χ4v) is 2.85. The molecule has 3 aromatic rings. The van der Waals surface area contributed by atoms with E-state index in [9.17, 15) is 9.18 Å². The number of nitrogens with one attached hydrogen (secondary N) is 1. The van der Waals surface area contributed by atoms with Crippen molar-refractivity contribution in [2.45, 2.75) is 26.3 Å². The van der Waals surface area contributed by atoms with Crippen LogP contribution in [0.3, 0.4) is 0 Å². The molecule has 136 valence electrons. The van der Waals surface area contributed by atoms with Crippen molar-refractivity contribution >= 4 is 16.9 Å². The zero-order valence-electron chi connectivity index (χ0n) is 14.7. The van der Waals surface area contributed by atoms with Crippen molar-refractivity contribution in [3.63, 3.8) is 0 Å². The van der Waals surface area contributed by atoms with Gasteiger partial charge < -0.3 is 14.6 Å². The van der Waals surface area contributed by atoms with Crippen LogP contribution < -0.4 is 10.1 Å². The van der Waals surface area contributed by atoms with E-state index >= 15 is 0 Å². The van der Waals surface area contributed by atoms with Crippen molar-refractivity contribution < 1.29 is 13.9 Å². The van der Waals surface area contributed by atoms with Gasteiger partial charge in [-0.1, -0.05) is 24.3 Å². The third-order valence-corrected chi connectivity index (χ3v) is 4.15. The molecule has 1 aromatic heterocycles. The highest BCUT2D eigenvalue weighted by Gasteiger charge is 2.07. The monoisotopic (exact) mass is 355 g/mol. The zero-order valence-corrected chi connectivity index (χ0v) is 14.7. The number of imidazole rings is 1. The molecule has 0 aliphatic heterocycles. The largest absolute Gasteiger partial charge is 0.491 e. The lowest BCUT2D eigenvalue weighted by atomic mass is 10.3. The molecule has 2 aromatic carbocycles. The Morgan fingerprint density at radius 3 is 2.81 bits per heavy atom. The van der Waals surface area contributed by atoms with Gasteiger partial charge in [0, 0.05) is 19.5 Å².